The second kappa shape index (κ2) is 4.83. The topological polar surface area (TPSA) is 50.9 Å². The van der Waals surface area contributed by atoms with E-state index >= 15 is 0 Å². The van der Waals surface area contributed by atoms with Crippen LogP contribution in [0.1, 0.15) is 37.1 Å². The van der Waals surface area contributed by atoms with E-state index in [1.165, 1.54) is 19.3 Å². The zero-order chi connectivity index (χ0) is 11.5. The van der Waals surface area contributed by atoms with Crippen molar-refractivity contribution in [2.24, 2.45) is 5.73 Å². The third-order valence-electron chi connectivity index (χ3n) is 3.30. The first-order chi connectivity index (χ1) is 7.65. The monoisotopic (exact) mass is 219 g/mol. The minimum Gasteiger partial charge on any atom is -0.381 e. The van der Waals surface area contributed by atoms with Gasteiger partial charge in [0.1, 0.15) is 0 Å². The van der Waals surface area contributed by atoms with E-state index in [4.69, 9.17) is 5.73 Å². The van der Waals surface area contributed by atoms with Crippen molar-refractivity contribution < 1.29 is 0 Å². The number of rotatable bonds is 2. The molecule has 0 aliphatic heterocycles. The van der Waals surface area contributed by atoms with Crippen LogP contribution in [0.4, 0.5) is 5.69 Å². The molecule has 3 heteroatoms. The molecule has 2 atom stereocenters. The van der Waals surface area contributed by atoms with Gasteiger partial charge in [-0.2, -0.15) is 0 Å². The molecule has 2 unspecified atom stereocenters. The summed E-state index contributed by atoms with van der Waals surface area (Å²) in [5.74, 6) is 0. The first kappa shape index (κ1) is 11.4. The molecule has 1 aromatic heterocycles. The van der Waals surface area contributed by atoms with Gasteiger partial charge in [-0.3, -0.25) is 4.98 Å². The highest BCUT2D eigenvalue weighted by Crippen LogP contribution is 2.22. The Bertz CT molecular complexity index is 362. The van der Waals surface area contributed by atoms with Crippen molar-refractivity contribution in [3.63, 3.8) is 0 Å². The van der Waals surface area contributed by atoms with Crippen LogP contribution in [-0.4, -0.2) is 17.1 Å². The van der Waals surface area contributed by atoms with Crippen molar-refractivity contribution in [1.29, 1.82) is 0 Å². The molecule has 88 valence electrons. The van der Waals surface area contributed by atoms with Gasteiger partial charge >= 0.3 is 0 Å². The largest absolute Gasteiger partial charge is 0.381 e. The first-order valence-electron chi connectivity index (χ1n) is 6.11. The van der Waals surface area contributed by atoms with Gasteiger partial charge in [0.05, 0.1) is 11.4 Å². The van der Waals surface area contributed by atoms with Crippen molar-refractivity contribution in [1.82, 2.24) is 4.98 Å². The Hall–Kier alpha value is -1.09. The maximum absolute atomic E-state index is 5.99. The lowest BCUT2D eigenvalue weighted by atomic mass is 9.91. The molecule has 1 heterocycles. The summed E-state index contributed by atoms with van der Waals surface area (Å²) >= 11 is 0. The van der Waals surface area contributed by atoms with Crippen LogP contribution in [0.25, 0.3) is 0 Å². The smallest absolute Gasteiger partial charge is 0.0606 e. The Morgan fingerprint density at radius 1 is 1.31 bits per heavy atom. The molecule has 0 amide bonds. The lowest BCUT2D eigenvalue weighted by molar-refractivity contribution is 0.409. The molecule has 3 N–H and O–H groups in total. The predicted octanol–water partition coefficient (Wildman–Crippen LogP) is 2.38. The van der Waals surface area contributed by atoms with E-state index in [9.17, 15) is 0 Å². The summed E-state index contributed by atoms with van der Waals surface area (Å²) in [4.78, 5) is 4.46. The third kappa shape index (κ3) is 2.73. The normalized spacial score (nSPS) is 25.4. The van der Waals surface area contributed by atoms with E-state index in [0.717, 1.165) is 23.5 Å². The van der Waals surface area contributed by atoms with E-state index in [1.807, 2.05) is 6.92 Å². The molecule has 1 aromatic rings. The number of anilines is 1. The summed E-state index contributed by atoms with van der Waals surface area (Å²) in [5, 5.41) is 3.56. The number of aryl methyl sites for hydroxylation is 2. The van der Waals surface area contributed by atoms with Crippen LogP contribution in [0.2, 0.25) is 0 Å². The van der Waals surface area contributed by atoms with Gasteiger partial charge in [0.2, 0.25) is 0 Å². The maximum atomic E-state index is 5.99. The van der Waals surface area contributed by atoms with Crippen LogP contribution in [-0.2, 0) is 0 Å². The number of pyridine rings is 1. The van der Waals surface area contributed by atoms with Crippen molar-refractivity contribution in [2.45, 2.75) is 51.6 Å². The Morgan fingerprint density at radius 2 is 2.12 bits per heavy atom. The highest BCUT2D eigenvalue weighted by Gasteiger charge is 2.19. The second-order valence-corrected chi connectivity index (χ2v) is 4.85. The van der Waals surface area contributed by atoms with E-state index in [2.05, 4.69) is 29.4 Å². The number of hydrogen-bond donors (Lipinski definition) is 2. The number of aromatic nitrogens is 1. The average Bonchev–Trinajstić information content (AvgIpc) is 2.22. The molecular formula is C13H21N3. The van der Waals surface area contributed by atoms with E-state index in [0.29, 0.717) is 12.1 Å². The number of nitrogens with two attached hydrogens (primary N) is 1. The van der Waals surface area contributed by atoms with Crippen LogP contribution < -0.4 is 11.1 Å². The molecule has 1 saturated carbocycles. The first-order valence-corrected chi connectivity index (χ1v) is 6.11. The highest BCUT2D eigenvalue weighted by molar-refractivity contribution is 5.48. The lowest BCUT2D eigenvalue weighted by Crippen LogP contribution is -2.35. The Labute approximate surface area is 97.5 Å². The predicted molar refractivity (Wildman–Crippen MR) is 67.6 cm³/mol. The van der Waals surface area contributed by atoms with Crippen molar-refractivity contribution in [3.8, 4) is 0 Å². The Balaban J connectivity index is 2.02. The summed E-state index contributed by atoms with van der Waals surface area (Å²) in [5.41, 5.74) is 9.30. The quantitative estimate of drug-likeness (QED) is 0.803. The Kier molecular flexibility index (Phi) is 3.44. The van der Waals surface area contributed by atoms with Crippen molar-refractivity contribution in [3.05, 3.63) is 23.5 Å². The second-order valence-electron chi connectivity index (χ2n) is 4.85. The van der Waals surface area contributed by atoms with Gasteiger partial charge < -0.3 is 11.1 Å². The highest BCUT2D eigenvalue weighted by atomic mass is 14.9. The summed E-state index contributed by atoms with van der Waals surface area (Å²) in [6, 6.07) is 5.06. The van der Waals surface area contributed by atoms with Crippen LogP contribution in [0, 0.1) is 13.8 Å². The van der Waals surface area contributed by atoms with E-state index in [1.54, 1.807) is 0 Å². The maximum Gasteiger partial charge on any atom is 0.0606 e. The summed E-state index contributed by atoms with van der Waals surface area (Å²) in [6.45, 7) is 4.07. The number of nitrogens with zero attached hydrogens (tertiary/aromatic N) is 1. The van der Waals surface area contributed by atoms with Gasteiger partial charge in [-0.05, 0) is 51.7 Å². The van der Waals surface area contributed by atoms with Gasteiger partial charge in [0.25, 0.3) is 0 Å². The fourth-order valence-electron chi connectivity index (χ4n) is 2.42. The molecule has 1 aliphatic rings. The molecule has 2 rings (SSSR count). The fourth-order valence-corrected chi connectivity index (χ4v) is 2.42. The Morgan fingerprint density at radius 3 is 2.81 bits per heavy atom. The van der Waals surface area contributed by atoms with E-state index in [-0.39, 0.29) is 0 Å². The summed E-state index contributed by atoms with van der Waals surface area (Å²) in [7, 11) is 0. The minimum atomic E-state index is 0.366. The SMILES string of the molecule is Cc1ccc(NC2CCCC(N)C2)c(C)n1. The molecule has 1 aliphatic carbocycles. The molecule has 0 spiro atoms. The molecule has 0 saturated heterocycles. The number of hydrogen-bond acceptors (Lipinski definition) is 3. The molecule has 0 aromatic carbocycles. The van der Waals surface area contributed by atoms with Gasteiger partial charge in [-0.15, -0.1) is 0 Å². The van der Waals surface area contributed by atoms with Crippen LogP contribution >= 0.6 is 0 Å². The summed E-state index contributed by atoms with van der Waals surface area (Å²) < 4.78 is 0. The molecular weight excluding hydrogens is 198 g/mol. The zero-order valence-electron chi connectivity index (χ0n) is 10.2. The molecule has 16 heavy (non-hydrogen) atoms. The molecule has 3 nitrogen and oxygen atoms in total. The lowest BCUT2D eigenvalue weighted by Gasteiger charge is -2.28. The standard InChI is InChI=1S/C13H21N3/c1-9-6-7-13(10(2)15-9)16-12-5-3-4-11(14)8-12/h6-7,11-12,16H,3-5,8,14H2,1-2H3. The molecule has 0 bridgehead atoms. The van der Waals surface area contributed by atoms with Crippen molar-refractivity contribution >= 4 is 5.69 Å². The third-order valence-corrected chi connectivity index (χ3v) is 3.30. The van der Waals surface area contributed by atoms with Crippen LogP contribution in [0.15, 0.2) is 12.1 Å². The van der Waals surface area contributed by atoms with Gasteiger partial charge in [0.15, 0.2) is 0 Å². The molecule has 0 radical (unpaired) electrons. The van der Waals surface area contributed by atoms with Gasteiger partial charge in [0, 0.05) is 17.8 Å². The van der Waals surface area contributed by atoms with Gasteiger partial charge in [-0.25, -0.2) is 0 Å². The average molecular weight is 219 g/mol. The zero-order valence-corrected chi connectivity index (χ0v) is 10.2. The van der Waals surface area contributed by atoms with Crippen LogP contribution in [0.3, 0.4) is 0 Å². The van der Waals surface area contributed by atoms with E-state index < -0.39 is 0 Å². The van der Waals surface area contributed by atoms with Gasteiger partial charge in [-0.1, -0.05) is 0 Å². The van der Waals surface area contributed by atoms with Crippen molar-refractivity contribution in [2.75, 3.05) is 5.32 Å². The number of nitrogens with one attached hydrogen (secondary N) is 1. The minimum absolute atomic E-state index is 0.366. The van der Waals surface area contributed by atoms with Crippen LogP contribution in [0.5, 0.6) is 0 Å². The fraction of sp³-hybridized carbons (Fsp3) is 0.615. The summed E-state index contributed by atoms with van der Waals surface area (Å²) in [6.07, 6.45) is 4.70. The molecule has 1 fully saturated rings.